The molecule has 0 spiro atoms. The van der Waals surface area contributed by atoms with E-state index in [4.69, 9.17) is 0 Å². The van der Waals surface area contributed by atoms with Gasteiger partial charge in [0.1, 0.15) is 0 Å². The SMILES string of the molecule is Cc1cc(/C=C/C(=O)NN2CCN(C)CC2)c(C)n1C1CC1. The van der Waals surface area contributed by atoms with Crippen molar-refractivity contribution in [2.45, 2.75) is 32.7 Å². The second kappa shape index (κ2) is 6.26. The molecule has 0 radical (unpaired) electrons. The molecule has 1 saturated heterocycles. The molecule has 2 heterocycles. The number of piperazine rings is 1. The predicted molar refractivity (Wildman–Crippen MR) is 88.4 cm³/mol. The number of hydrogen-bond acceptors (Lipinski definition) is 3. The zero-order valence-corrected chi connectivity index (χ0v) is 13.8. The minimum Gasteiger partial charge on any atom is -0.346 e. The molecule has 0 bridgehead atoms. The topological polar surface area (TPSA) is 40.5 Å². The van der Waals surface area contributed by atoms with Gasteiger partial charge < -0.3 is 9.47 Å². The molecule has 120 valence electrons. The molecule has 1 aromatic rings. The number of carbonyl (C=O) groups excluding carboxylic acids is 1. The lowest BCUT2D eigenvalue weighted by molar-refractivity contribution is -0.121. The first kappa shape index (κ1) is 15.3. The van der Waals surface area contributed by atoms with Crippen LogP contribution < -0.4 is 5.43 Å². The van der Waals surface area contributed by atoms with E-state index in [0.717, 1.165) is 31.7 Å². The van der Waals surface area contributed by atoms with Crippen LogP contribution in [0.5, 0.6) is 0 Å². The van der Waals surface area contributed by atoms with Crippen LogP contribution in [0.3, 0.4) is 0 Å². The smallest absolute Gasteiger partial charge is 0.258 e. The molecular weight excluding hydrogens is 276 g/mol. The molecule has 1 aliphatic carbocycles. The molecule has 0 atom stereocenters. The summed E-state index contributed by atoms with van der Waals surface area (Å²) in [6, 6.07) is 2.86. The molecular formula is C17H26N4O. The van der Waals surface area contributed by atoms with Crippen LogP contribution in [0.15, 0.2) is 12.1 Å². The van der Waals surface area contributed by atoms with E-state index in [9.17, 15) is 4.79 Å². The predicted octanol–water partition coefficient (Wildman–Crippen LogP) is 1.73. The van der Waals surface area contributed by atoms with Gasteiger partial charge in [0.15, 0.2) is 0 Å². The molecule has 1 aromatic heterocycles. The molecule has 1 amide bonds. The van der Waals surface area contributed by atoms with Crippen LogP contribution in [0.2, 0.25) is 0 Å². The molecule has 22 heavy (non-hydrogen) atoms. The normalized spacial score (nSPS) is 20.7. The fourth-order valence-electron chi connectivity index (χ4n) is 3.14. The van der Waals surface area contributed by atoms with Crippen LogP contribution in [0.25, 0.3) is 6.08 Å². The molecule has 2 aliphatic rings. The highest BCUT2D eigenvalue weighted by atomic mass is 16.2. The Morgan fingerprint density at radius 3 is 2.55 bits per heavy atom. The Morgan fingerprint density at radius 1 is 1.23 bits per heavy atom. The van der Waals surface area contributed by atoms with Crippen LogP contribution in [0.4, 0.5) is 0 Å². The number of carbonyl (C=O) groups is 1. The van der Waals surface area contributed by atoms with Gasteiger partial charge in [-0.15, -0.1) is 0 Å². The molecule has 0 unspecified atom stereocenters. The van der Waals surface area contributed by atoms with E-state index in [-0.39, 0.29) is 5.91 Å². The van der Waals surface area contributed by atoms with Crippen LogP contribution in [-0.4, -0.2) is 53.6 Å². The summed E-state index contributed by atoms with van der Waals surface area (Å²) in [7, 11) is 2.11. The van der Waals surface area contributed by atoms with Crippen molar-refractivity contribution in [1.82, 2.24) is 19.9 Å². The van der Waals surface area contributed by atoms with Crippen molar-refractivity contribution in [3.8, 4) is 0 Å². The molecule has 3 rings (SSSR count). The van der Waals surface area contributed by atoms with Crippen molar-refractivity contribution >= 4 is 12.0 Å². The van der Waals surface area contributed by atoms with Gasteiger partial charge in [0.25, 0.3) is 5.91 Å². The second-order valence-corrected chi connectivity index (χ2v) is 6.53. The number of aromatic nitrogens is 1. The van der Waals surface area contributed by atoms with E-state index in [2.05, 4.69) is 41.9 Å². The Hall–Kier alpha value is -1.59. The van der Waals surface area contributed by atoms with Crippen molar-refractivity contribution in [2.24, 2.45) is 0 Å². The third-order valence-corrected chi connectivity index (χ3v) is 4.62. The van der Waals surface area contributed by atoms with Gasteiger partial charge in [-0.3, -0.25) is 10.2 Å². The van der Waals surface area contributed by atoms with Gasteiger partial charge in [-0.1, -0.05) is 0 Å². The van der Waals surface area contributed by atoms with Crippen LogP contribution in [-0.2, 0) is 4.79 Å². The molecule has 5 nitrogen and oxygen atoms in total. The number of hydrazine groups is 1. The van der Waals surface area contributed by atoms with Gasteiger partial charge in [0.2, 0.25) is 0 Å². The van der Waals surface area contributed by atoms with E-state index in [0.29, 0.717) is 6.04 Å². The van der Waals surface area contributed by atoms with Gasteiger partial charge in [-0.2, -0.15) is 0 Å². The maximum atomic E-state index is 12.1. The van der Waals surface area contributed by atoms with Gasteiger partial charge in [-0.25, -0.2) is 5.01 Å². The lowest BCUT2D eigenvalue weighted by Crippen LogP contribution is -2.52. The van der Waals surface area contributed by atoms with E-state index < -0.39 is 0 Å². The monoisotopic (exact) mass is 302 g/mol. The number of nitrogens with one attached hydrogen (secondary N) is 1. The Bertz CT molecular complexity index is 578. The Balaban J connectivity index is 1.59. The van der Waals surface area contributed by atoms with E-state index >= 15 is 0 Å². The minimum absolute atomic E-state index is 0.0409. The summed E-state index contributed by atoms with van der Waals surface area (Å²) >= 11 is 0. The zero-order chi connectivity index (χ0) is 15.7. The minimum atomic E-state index is -0.0409. The standard InChI is InChI=1S/C17H26N4O/c1-13-12-15(14(2)21(13)16-5-6-16)4-7-17(22)18-20-10-8-19(3)9-11-20/h4,7,12,16H,5-6,8-11H2,1-3H3,(H,18,22)/b7-4+. The number of rotatable bonds is 4. The highest BCUT2D eigenvalue weighted by Crippen LogP contribution is 2.38. The first-order valence-electron chi connectivity index (χ1n) is 8.15. The third-order valence-electron chi connectivity index (χ3n) is 4.62. The summed E-state index contributed by atoms with van der Waals surface area (Å²) in [6.45, 7) is 8.04. The Morgan fingerprint density at radius 2 is 1.91 bits per heavy atom. The number of amides is 1. The van der Waals surface area contributed by atoms with E-state index in [1.54, 1.807) is 6.08 Å². The van der Waals surface area contributed by atoms with Crippen molar-refractivity contribution in [1.29, 1.82) is 0 Å². The molecule has 0 aromatic carbocycles. The quantitative estimate of drug-likeness (QED) is 0.861. The number of nitrogens with zero attached hydrogens (tertiary/aromatic N) is 3. The summed E-state index contributed by atoms with van der Waals surface area (Å²) in [6.07, 6.45) is 6.15. The molecule has 2 fully saturated rings. The average Bonchev–Trinajstić information content (AvgIpc) is 3.26. The average molecular weight is 302 g/mol. The molecule has 1 N–H and O–H groups in total. The zero-order valence-electron chi connectivity index (χ0n) is 13.8. The number of hydrogen-bond donors (Lipinski definition) is 1. The van der Waals surface area contributed by atoms with Gasteiger partial charge in [-0.05, 0) is 51.4 Å². The van der Waals surface area contributed by atoms with Gasteiger partial charge in [0, 0.05) is 49.7 Å². The summed E-state index contributed by atoms with van der Waals surface area (Å²) in [5.74, 6) is -0.0409. The lowest BCUT2D eigenvalue weighted by atomic mass is 10.2. The highest BCUT2D eigenvalue weighted by Gasteiger charge is 2.26. The van der Waals surface area contributed by atoms with Gasteiger partial charge in [0.05, 0.1) is 0 Å². The van der Waals surface area contributed by atoms with Crippen molar-refractivity contribution in [2.75, 3.05) is 33.2 Å². The van der Waals surface area contributed by atoms with E-state index in [1.165, 1.54) is 24.2 Å². The summed E-state index contributed by atoms with van der Waals surface area (Å²) in [5, 5.41) is 2.00. The highest BCUT2D eigenvalue weighted by molar-refractivity contribution is 5.91. The second-order valence-electron chi connectivity index (χ2n) is 6.53. The van der Waals surface area contributed by atoms with Crippen LogP contribution >= 0.6 is 0 Å². The first-order chi connectivity index (χ1) is 10.5. The Labute approximate surface area is 132 Å². The third kappa shape index (κ3) is 3.42. The summed E-state index contributed by atoms with van der Waals surface area (Å²) < 4.78 is 2.40. The maximum absolute atomic E-state index is 12.1. The van der Waals surface area contributed by atoms with Crippen LogP contribution in [0, 0.1) is 13.8 Å². The van der Waals surface area contributed by atoms with Crippen molar-refractivity contribution in [3.05, 3.63) is 29.1 Å². The Kier molecular flexibility index (Phi) is 4.36. The first-order valence-corrected chi connectivity index (χ1v) is 8.15. The molecule has 1 saturated carbocycles. The lowest BCUT2D eigenvalue weighted by Gasteiger charge is -2.31. The molecule has 1 aliphatic heterocycles. The summed E-state index contributed by atoms with van der Waals surface area (Å²) in [4.78, 5) is 14.3. The van der Waals surface area contributed by atoms with Gasteiger partial charge >= 0.3 is 0 Å². The maximum Gasteiger partial charge on any atom is 0.258 e. The largest absolute Gasteiger partial charge is 0.346 e. The fraction of sp³-hybridized carbons (Fsp3) is 0.588. The molecule has 5 heteroatoms. The van der Waals surface area contributed by atoms with Crippen LogP contribution in [0.1, 0.15) is 35.8 Å². The summed E-state index contributed by atoms with van der Waals surface area (Å²) in [5.41, 5.74) is 6.67. The van der Waals surface area contributed by atoms with E-state index in [1.807, 2.05) is 11.1 Å². The number of aryl methyl sites for hydroxylation is 1. The van der Waals surface area contributed by atoms with Crippen molar-refractivity contribution in [3.63, 3.8) is 0 Å². The fourth-order valence-corrected chi connectivity index (χ4v) is 3.14. The van der Waals surface area contributed by atoms with Crippen molar-refractivity contribution < 1.29 is 4.79 Å². The number of likely N-dealkylation sites (N-methyl/N-ethyl adjacent to an activating group) is 1.